The molecule has 20 heavy (non-hydrogen) atoms. The van der Waals surface area contributed by atoms with Crippen LogP contribution in [0.15, 0.2) is 30.6 Å². The zero-order valence-corrected chi connectivity index (χ0v) is 12.4. The summed E-state index contributed by atoms with van der Waals surface area (Å²) in [6.45, 7) is 5.81. The van der Waals surface area contributed by atoms with Crippen LogP contribution >= 0.6 is 11.6 Å². The third-order valence-corrected chi connectivity index (χ3v) is 3.25. The number of hydrogen-bond donors (Lipinski definition) is 2. The van der Waals surface area contributed by atoms with E-state index in [9.17, 15) is 0 Å². The minimum atomic E-state index is 0.538. The van der Waals surface area contributed by atoms with Gasteiger partial charge in [-0.15, -0.1) is 0 Å². The van der Waals surface area contributed by atoms with Gasteiger partial charge in [-0.3, -0.25) is 0 Å². The normalized spacial score (nSPS) is 10.3. The van der Waals surface area contributed by atoms with Crippen LogP contribution in [0.2, 0.25) is 5.02 Å². The van der Waals surface area contributed by atoms with Gasteiger partial charge < -0.3 is 16.0 Å². The van der Waals surface area contributed by atoms with E-state index in [0.29, 0.717) is 16.5 Å². The Morgan fingerprint density at radius 1 is 1.25 bits per heavy atom. The van der Waals surface area contributed by atoms with Crippen LogP contribution in [0.25, 0.3) is 0 Å². The van der Waals surface area contributed by atoms with Crippen molar-refractivity contribution in [3.05, 3.63) is 35.6 Å². The lowest BCUT2D eigenvalue weighted by Crippen LogP contribution is -2.24. The Kier molecular flexibility index (Phi) is 4.63. The second kappa shape index (κ2) is 6.43. The SMILES string of the molecule is CCN(CC)c1ncnc(Nc2cccc(Cl)c2)c1N. The van der Waals surface area contributed by atoms with Crippen molar-refractivity contribution in [1.29, 1.82) is 0 Å². The van der Waals surface area contributed by atoms with Gasteiger partial charge in [0.15, 0.2) is 11.6 Å². The van der Waals surface area contributed by atoms with Gasteiger partial charge in [0.25, 0.3) is 0 Å². The van der Waals surface area contributed by atoms with Gasteiger partial charge in [0.05, 0.1) is 0 Å². The van der Waals surface area contributed by atoms with Gasteiger partial charge in [0, 0.05) is 23.8 Å². The number of aromatic nitrogens is 2. The van der Waals surface area contributed by atoms with Crippen LogP contribution < -0.4 is 16.0 Å². The minimum Gasteiger partial charge on any atom is -0.393 e. The van der Waals surface area contributed by atoms with Crippen molar-refractivity contribution in [1.82, 2.24) is 9.97 Å². The molecular formula is C14H18ClN5. The van der Waals surface area contributed by atoms with Crippen molar-refractivity contribution in [3.8, 4) is 0 Å². The van der Waals surface area contributed by atoms with Crippen molar-refractivity contribution < 1.29 is 0 Å². The second-order valence-electron chi connectivity index (χ2n) is 4.27. The third kappa shape index (κ3) is 3.11. The average molecular weight is 292 g/mol. The molecule has 1 aromatic heterocycles. The molecule has 0 radical (unpaired) electrons. The van der Waals surface area contributed by atoms with Gasteiger partial charge in [-0.05, 0) is 32.0 Å². The Morgan fingerprint density at radius 3 is 2.65 bits per heavy atom. The number of benzene rings is 1. The largest absolute Gasteiger partial charge is 0.393 e. The number of nitrogens with one attached hydrogen (secondary N) is 1. The molecule has 0 atom stereocenters. The van der Waals surface area contributed by atoms with Crippen LogP contribution in [0.3, 0.4) is 0 Å². The van der Waals surface area contributed by atoms with E-state index in [-0.39, 0.29) is 0 Å². The molecule has 2 aromatic rings. The van der Waals surface area contributed by atoms with Crippen molar-refractivity contribution in [2.24, 2.45) is 0 Å². The third-order valence-electron chi connectivity index (χ3n) is 3.01. The highest BCUT2D eigenvalue weighted by Crippen LogP contribution is 2.28. The Morgan fingerprint density at radius 2 is 2.00 bits per heavy atom. The first-order valence-corrected chi connectivity index (χ1v) is 6.91. The maximum absolute atomic E-state index is 6.16. The molecule has 0 aliphatic carbocycles. The molecule has 2 rings (SSSR count). The Labute approximate surface area is 123 Å². The molecule has 0 spiro atoms. The predicted molar refractivity (Wildman–Crippen MR) is 84.7 cm³/mol. The van der Waals surface area contributed by atoms with Crippen molar-refractivity contribution in [2.45, 2.75) is 13.8 Å². The molecule has 0 saturated heterocycles. The molecule has 0 unspecified atom stereocenters. The quantitative estimate of drug-likeness (QED) is 0.885. The summed E-state index contributed by atoms with van der Waals surface area (Å²) in [6.07, 6.45) is 1.51. The lowest BCUT2D eigenvalue weighted by atomic mass is 10.3. The lowest BCUT2D eigenvalue weighted by Gasteiger charge is -2.22. The highest BCUT2D eigenvalue weighted by atomic mass is 35.5. The second-order valence-corrected chi connectivity index (χ2v) is 4.70. The topological polar surface area (TPSA) is 67.1 Å². The molecule has 106 valence electrons. The monoisotopic (exact) mass is 291 g/mol. The van der Waals surface area contributed by atoms with Crippen molar-refractivity contribution in [3.63, 3.8) is 0 Å². The number of rotatable bonds is 5. The number of nitrogen functional groups attached to an aromatic ring is 1. The molecule has 0 bridgehead atoms. The molecule has 1 aromatic carbocycles. The lowest BCUT2D eigenvalue weighted by molar-refractivity contribution is 0.844. The highest BCUT2D eigenvalue weighted by molar-refractivity contribution is 6.30. The number of nitrogens with two attached hydrogens (primary N) is 1. The summed E-state index contributed by atoms with van der Waals surface area (Å²) in [6, 6.07) is 7.41. The first kappa shape index (κ1) is 14.4. The molecule has 6 heteroatoms. The molecule has 3 N–H and O–H groups in total. The summed E-state index contributed by atoms with van der Waals surface area (Å²) in [5.41, 5.74) is 7.54. The van der Waals surface area contributed by atoms with E-state index >= 15 is 0 Å². The van der Waals surface area contributed by atoms with E-state index in [1.54, 1.807) is 0 Å². The smallest absolute Gasteiger partial charge is 0.159 e. The first-order chi connectivity index (χ1) is 9.65. The molecule has 0 saturated carbocycles. The standard InChI is InChI=1S/C14H18ClN5/c1-3-20(4-2)14-12(16)13(17-9-18-14)19-11-7-5-6-10(15)8-11/h5-9H,3-4,16H2,1-2H3,(H,17,18,19). The Hall–Kier alpha value is -2.01. The fourth-order valence-corrected chi connectivity index (χ4v) is 2.15. The summed E-state index contributed by atoms with van der Waals surface area (Å²) in [5, 5.41) is 3.83. The van der Waals surface area contributed by atoms with E-state index in [4.69, 9.17) is 17.3 Å². The van der Waals surface area contributed by atoms with E-state index in [1.807, 2.05) is 24.3 Å². The predicted octanol–water partition coefficient (Wildman–Crippen LogP) is 3.30. The van der Waals surface area contributed by atoms with E-state index < -0.39 is 0 Å². The van der Waals surface area contributed by atoms with Gasteiger partial charge >= 0.3 is 0 Å². The molecule has 0 amide bonds. The van der Waals surface area contributed by atoms with Gasteiger partial charge in [-0.25, -0.2) is 9.97 Å². The van der Waals surface area contributed by atoms with Gasteiger partial charge in [-0.1, -0.05) is 17.7 Å². The van der Waals surface area contributed by atoms with Gasteiger partial charge in [0.1, 0.15) is 12.0 Å². The molecule has 0 aliphatic heterocycles. The Bertz CT molecular complexity index is 584. The van der Waals surface area contributed by atoms with Gasteiger partial charge in [-0.2, -0.15) is 0 Å². The summed E-state index contributed by atoms with van der Waals surface area (Å²) in [5.74, 6) is 1.33. The molecule has 0 fully saturated rings. The number of hydrogen-bond acceptors (Lipinski definition) is 5. The van der Waals surface area contributed by atoms with Crippen LogP contribution in [-0.4, -0.2) is 23.1 Å². The summed E-state index contributed by atoms with van der Waals surface area (Å²) < 4.78 is 0. The highest BCUT2D eigenvalue weighted by Gasteiger charge is 2.12. The fraction of sp³-hybridized carbons (Fsp3) is 0.286. The molecule has 5 nitrogen and oxygen atoms in total. The maximum atomic E-state index is 6.16. The van der Waals surface area contributed by atoms with E-state index in [2.05, 4.69) is 34.0 Å². The fourth-order valence-electron chi connectivity index (χ4n) is 1.96. The summed E-state index contributed by atoms with van der Waals surface area (Å²) in [7, 11) is 0. The Balaban J connectivity index is 2.31. The number of anilines is 4. The van der Waals surface area contributed by atoms with Crippen molar-refractivity contribution >= 4 is 34.6 Å². The summed E-state index contributed by atoms with van der Waals surface area (Å²) in [4.78, 5) is 10.5. The van der Waals surface area contributed by atoms with Crippen LogP contribution in [0.5, 0.6) is 0 Å². The first-order valence-electron chi connectivity index (χ1n) is 6.53. The number of halogens is 1. The molecular weight excluding hydrogens is 274 g/mol. The van der Waals surface area contributed by atoms with Crippen LogP contribution in [-0.2, 0) is 0 Å². The van der Waals surface area contributed by atoms with Crippen LogP contribution in [0, 0.1) is 0 Å². The summed E-state index contributed by atoms with van der Waals surface area (Å²) >= 11 is 5.97. The minimum absolute atomic E-state index is 0.538. The van der Waals surface area contributed by atoms with E-state index in [1.165, 1.54) is 6.33 Å². The van der Waals surface area contributed by atoms with Crippen LogP contribution in [0.1, 0.15) is 13.8 Å². The number of nitrogens with zero attached hydrogens (tertiary/aromatic N) is 3. The zero-order valence-electron chi connectivity index (χ0n) is 11.6. The van der Waals surface area contributed by atoms with Crippen molar-refractivity contribution in [2.75, 3.05) is 29.0 Å². The molecule has 1 heterocycles. The van der Waals surface area contributed by atoms with E-state index in [0.717, 1.165) is 24.6 Å². The molecule has 0 aliphatic rings. The average Bonchev–Trinajstić information content (AvgIpc) is 2.44. The zero-order chi connectivity index (χ0) is 14.5. The van der Waals surface area contributed by atoms with Crippen LogP contribution in [0.4, 0.5) is 23.0 Å². The van der Waals surface area contributed by atoms with Gasteiger partial charge in [0.2, 0.25) is 0 Å². The maximum Gasteiger partial charge on any atom is 0.159 e.